The van der Waals surface area contributed by atoms with Crippen LogP contribution in [0.5, 0.6) is 0 Å². The van der Waals surface area contributed by atoms with Crippen LogP contribution in [0.1, 0.15) is 106 Å². The van der Waals surface area contributed by atoms with Crippen molar-refractivity contribution in [3.63, 3.8) is 0 Å². The summed E-state index contributed by atoms with van der Waals surface area (Å²) in [6.45, 7) is 9.55. The Bertz CT molecular complexity index is 8970. The highest BCUT2D eigenvalue weighted by atomic mass is 32.2. The van der Waals surface area contributed by atoms with Gasteiger partial charge in [-0.3, -0.25) is 0 Å². The molecule has 9 aromatic heterocycles. The molecule has 3 atom stereocenters. The number of fused-ring (bicyclic) bond motifs is 16. The lowest BCUT2D eigenvalue weighted by Crippen LogP contribution is -2.77. The van der Waals surface area contributed by atoms with E-state index in [4.69, 9.17) is 0 Å². The maximum atomic E-state index is 14.7. The molecule has 17 heteroatoms. The highest BCUT2D eigenvalue weighted by molar-refractivity contribution is 7.99. The predicted octanol–water partition coefficient (Wildman–Crippen LogP) is 17.6. The molecule has 21 heterocycles. The Balaban J connectivity index is 0.0000000886. The van der Waals surface area contributed by atoms with Crippen LogP contribution in [0.4, 0.5) is 17.1 Å². The van der Waals surface area contributed by atoms with E-state index in [1.807, 2.05) is 42.2 Å². The third-order valence-electron chi connectivity index (χ3n) is 31.0. The van der Waals surface area contributed by atoms with Gasteiger partial charge in [-0.05, 0) is 162 Å². The molecule has 4 spiro atoms. The summed E-state index contributed by atoms with van der Waals surface area (Å²) in [6, 6.07) is 102. The summed E-state index contributed by atoms with van der Waals surface area (Å²) in [5.74, 6) is 3.65. The lowest BCUT2D eigenvalue weighted by Gasteiger charge is -2.41. The monoisotopic (exact) mass is 1620 g/mol. The molecule has 15 nitrogen and oxygen atoms in total. The number of aromatic nitrogens is 12. The molecular formula is C106H67N13O2S2+6. The molecule has 1 aliphatic carbocycles. The Morgan fingerprint density at radius 3 is 1.29 bits per heavy atom. The lowest BCUT2D eigenvalue weighted by atomic mass is 9.66. The Morgan fingerprint density at radius 2 is 0.691 bits per heavy atom. The number of hydrogen-bond donors (Lipinski definition) is 0. The molecule has 0 radical (unpaired) electrons. The van der Waals surface area contributed by atoms with Crippen molar-refractivity contribution in [2.45, 2.75) is 80.5 Å². The number of nitrogens with zero attached hydrogens (tertiary/aromatic N) is 13. The molecule has 0 bridgehead atoms. The van der Waals surface area contributed by atoms with Crippen LogP contribution < -0.4 is 32.6 Å². The van der Waals surface area contributed by atoms with Crippen LogP contribution in [0.15, 0.2) is 354 Å². The van der Waals surface area contributed by atoms with Crippen molar-refractivity contribution < 1.29 is 36.2 Å². The molecule has 12 aromatic carbocycles. The van der Waals surface area contributed by atoms with E-state index in [0.29, 0.717) is 9.79 Å². The van der Waals surface area contributed by atoms with Crippen molar-refractivity contribution in [1.29, 1.82) is 0 Å². The highest BCUT2D eigenvalue weighted by Crippen LogP contribution is 2.66. The smallest absolute Gasteiger partial charge is 0.309 e. The molecule has 0 fully saturated rings. The molecule has 0 amide bonds. The summed E-state index contributed by atoms with van der Waals surface area (Å²) in [7, 11) is -3.82. The predicted molar refractivity (Wildman–Crippen MR) is 468 cm³/mol. The first-order chi connectivity index (χ1) is 60.4. The maximum Gasteiger partial charge on any atom is 0.394 e. The minimum Gasteiger partial charge on any atom is -0.309 e. The van der Waals surface area contributed by atoms with Crippen LogP contribution in [-0.4, -0.2) is 36.2 Å². The number of pyridine rings is 3. The van der Waals surface area contributed by atoms with Gasteiger partial charge in [0, 0.05) is 93.5 Å². The lowest BCUT2D eigenvalue weighted by molar-refractivity contribution is -0.994. The second-order valence-electron chi connectivity index (χ2n) is 36.4. The minimum absolute atomic E-state index is 0.101. The summed E-state index contributed by atoms with van der Waals surface area (Å²) in [6.07, 6.45) is 19.9. The fourth-order valence-corrected chi connectivity index (χ4v) is 29.8. The van der Waals surface area contributed by atoms with E-state index in [9.17, 15) is 8.42 Å². The second kappa shape index (κ2) is 20.1. The van der Waals surface area contributed by atoms with E-state index in [2.05, 4.69) is 386 Å². The molecule has 3 unspecified atom stereocenters. The summed E-state index contributed by atoms with van der Waals surface area (Å²) < 4.78 is 58.4. The maximum absolute atomic E-state index is 14.7. The quantitative estimate of drug-likeness (QED) is 0.153. The highest BCUT2D eigenvalue weighted by Gasteiger charge is 2.74. The first-order valence-electron chi connectivity index (χ1n) is 42.6. The zero-order valence-corrected chi connectivity index (χ0v) is 68.3. The van der Waals surface area contributed by atoms with Crippen molar-refractivity contribution in [2.24, 2.45) is 0 Å². The number of anilines is 3. The molecule has 21 aromatic rings. The zero-order chi connectivity index (χ0) is 80.3. The van der Waals surface area contributed by atoms with Gasteiger partial charge in [0.25, 0.3) is 17.5 Å². The van der Waals surface area contributed by atoms with Crippen LogP contribution in [0.25, 0.3) is 111 Å². The largest absolute Gasteiger partial charge is 0.394 e. The second-order valence-corrected chi connectivity index (χ2v) is 39.3. The number of hydrogen-bond acceptors (Lipinski definition) is 4. The van der Waals surface area contributed by atoms with E-state index >= 15 is 0 Å². The number of para-hydroxylation sites is 4. The first-order valence-corrected chi connectivity index (χ1v) is 44.9. The van der Waals surface area contributed by atoms with Gasteiger partial charge in [-0.1, -0.05) is 175 Å². The molecule has 0 saturated carbocycles. The van der Waals surface area contributed by atoms with E-state index in [-0.39, 0.29) is 10.8 Å². The number of rotatable bonds is 1. The molecule has 34 rings (SSSR count). The number of sulfone groups is 1. The molecule has 12 aliphatic heterocycles. The third-order valence-corrected chi connectivity index (χ3v) is 34.0. The molecule has 0 N–H and O–H groups in total. The normalized spacial score (nSPS) is 19.8. The van der Waals surface area contributed by atoms with E-state index in [1.54, 1.807) is 6.07 Å². The van der Waals surface area contributed by atoms with E-state index in [1.165, 1.54) is 171 Å². The van der Waals surface area contributed by atoms with Gasteiger partial charge >= 0.3 is 17.0 Å². The summed E-state index contributed by atoms with van der Waals surface area (Å²) >= 11 is 1.92. The first kappa shape index (κ1) is 64.2. The van der Waals surface area contributed by atoms with Crippen LogP contribution >= 0.6 is 11.8 Å². The number of benzene rings is 12. The molecule has 0 saturated heterocycles. The van der Waals surface area contributed by atoms with Gasteiger partial charge in [0.2, 0.25) is 28.4 Å². The van der Waals surface area contributed by atoms with Gasteiger partial charge in [0.1, 0.15) is 67.0 Å². The molecular weight excluding hydrogens is 1550 g/mol. The minimum atomic E-state index is -3.82. The van der Waals surface area contributed by atoms with Crippen molar-refractivity contribution in [3.8, 4) is 45.6 Å². The van der Waals surface area contributed by atoms with Crippen LogP contribution in [0.3, 0.4) is 0 Å². The van der Waals surface area contributed by atoms with Gasteiger partial charge in [-0.2, -0.15) is 27.4 Å². The topological polar surface area (TPSA) is 90.2 Å². The Kier molecular flexibility index (Phi) is 10.5. The van der Waals surface area contributed by atoms with Gasteiger partial charge in [0.05, 0.1) is 80.5 Å². The standard InChI is InChI=1S/C40H22N4O2S.C36H25N5.C30H20N4S/c45-47(46)32-17-6-16-31-34(32)40(43-22-8-21-42(31)43)35-33(47)19-18-26-25-11-5-14-29-36(25)44(37(26)35)38-30(15-7-20-41(38)40)39(29)27-12-3-1-9-23(27)24-10-2-4-13-28(24)39;1-35(2)25-13-6-12-23-24-17-18-29-31-33(24)41(32(23)25)34-26(35)14-8-19-37(34)36(31)30-27(38-20-9-21-39(36)38)15-7-16-28(30)40(29)22-10-4-3-5-11-22;1-29(2)19-8-3-7-17-18-12-13-23-25-27(18)34(26(17)19)28-20(29)9-5-14-31(28)30(25)24-21(10-4-11-22(24)35-23)32-15-6-16-33(30)32/h1-22H;3-21H,1-2H3;3-16H,1-2H3/q3*+2. The van der Waals surface area contributed by atoms with Crippen LogP contribution in [-0.2, 0) is 43.1 Å². The van der Waals surface area contributed by atoms with Gasteiger partial charge in [0.15, 0.2) is 16.6 Å². The Morgan fingerprint density at radius 1 is 0.285 bits per heavy atom. The molecule has 13 aliphatic rings. The zero-order valence-electron chi connectivity index (χ0n) is 66.7. The van der Waals surface area contributed by atoms with Gasteiger partial charge in [-0.15, -0.1) is 14.0 Å². The van der Waals surface area contributed by atoms with E-state index < -0.39 is 32.2 Å². The summed E-state index contributed by atoms with van der Waals surface area (Å²) in [4.78, 5) is 5.91. The average molecular weight is 1620 g/mol. The van der Waals surface area contributed by atoms with Gasteiger partial charge in [-0.25, -0.2) is 8.42 Å². The van der Waals surface area contributed by atoms with Crippen LogP contribution in [0.2, 0.25) is 0 Å². The van der Waals surface area contributed by atoms with Gasteiger partial charge < -0.3 is 4.90 Å². The fourth-order valence-electron chi connectivity index (χ4n) is 26.8. The van der Waals surface area contributed by atoms with Crippen molar-refractivity contribution in [1.82, 2.24) is 27.7 Å². The van der Waals surface area contributed by atoms with Crippen molar-refractivity contribution in [2.75, 3.05) is 4.90 Å². The fraction of sp³-hybridized carbons (Fsp3) is 0.0943. The Labute approximate surface area is 706 Å². The average Bonchev–Trinajstić information content (AvgIpc) is 1.49. The van der Waals surface area contributed by atoms with E-state index in [0.717, 1.165) is 44.4 Å². The SMILES string of the molecule is CC1(C)c2ccc[n+]3c2-n2c4c1cccc4c1ccc4c(c12)C31c2c(cccc2-n2ccc[n+]21)N4c1ccccc1.CC1(C)c2ccc[n+]3c2-n2c4c1cccc4c1ccc4c(c12)C31c2c(cccc2-n2ccc[n+]21)S4.O=S1(=O)c2cccc3c2C2(c4c1ccc1c5cccc6c5n(c41)-c1c(ccc[n+]12)C61c2ccccc2-c2ccccc21)[n+]1cccn1-3. The Hall–Kier alpha value is -14.8. The van der Waals surface area contributed by atoms with Crippen molar-refractivity contribution >= 4 is 104 Å². The van der Waals surface area contributed by atoms with Crippen molar-refractivity contribution in [3.05, 3.63) is 413 Å². The third kappa shape index (κ3) is 6.30. The molecule has 123 heavy (non-hydrogen) atoms. The summed E-state index contributed by atoms with van der Waals surface area (Å²) in [5, 5.41) is 7.56. The summed E-state index contributed by atoms with van der Waals surface area (Å²) in [5.41, 5.74) is 31.8. The van der Waals surface area contributed by atoms with Crippen LogP contribution in [0, 0.1) is 0 Å². The molecule has 574 valence electrons.